The lowest BCUT2D eigenvalue weighted by Gasteiger charge is -2.07. The molecule has 0 fully saturated rings. The molecule has 104 valence electrons. The van der Waals surface area contributed by atoms with Crippen LogP contribution in [-0.4, -0.2) is 15.2 Å². The van der Waals surface area contributed by atoms with Crippen LogP contribution in [0, 0.1) is 0 Å². The minimum absolute atomic E-state index is 0.307. The van der Waals surface area contributed by atoms with E-state index in [1.54, 1.807) is 48.8 Å². The average molecular weight is 300 g/mol. The first-order valence-electron chi connectivity index (χ1n) is 6.18. The van der Waals surface area contributed by atoms with Crippen molar-refractivity contribution in [1.82, 2.24) is 15.2 Å². The first kappa shape index (κ1) is 13.3. The van der Waals surface area contributed by atoms with Gasteiger partial charge in [-0.2, -0.15) is 0 Å². The van der Waals surface area contributed by atoms with Gasteiger partial charge in [-0.1, -0.05) is 23.7 Å². The monoisotopic (exact) mass is 299 g/mol. The number of rotatable bonds is 2. The summed E-state index contributed by atoms with van der Waals surface area (Å²) in [4.78, 5) is 28.3. The summed E-state index contributed by atoms with van der Waals surface area (Å²) in [6.45, 7) is 0. The summed E-state index contributed by atoms with van der Waals surface area (Å²) in [6, 6.07) is 10.1. The molecule has 0 bridgehead atoms. The topological polar surface area (TPSA) is 78.6 Å². The van der Waals surface area contributed by atoms with Crippen molar-refractivity contribution in [2.24, 2.45) is 0 Å². The summed E-state index contributed by atoms with van der Waals surface area (Å²) >= 11 is 5.86. The molecule has 2 heterocycles. The van der Waals surface area contributed by atoms with E-state index < -0.39 is 0 Å². The maximum atomic E-state index is 12.2. The third-order valence-corrected chi connectivity index (χ3v) is 3.35. The van der Waals surface area contributed by atoms with E-state index in [4.69, 9.17) is 11.6 Å². The molecule has 0 saturated carbocycles. The quantitative estimate of drug-likeness (QED) is 0.763. The average Bonchev–Trinajstić information content (AvgIpc) is 2.51. The van der Waals surface area contributed by atoms with E-state index in [9.17, 15) is 9.59 Å². The summed E-state index contributed by atoms with van der Waals surface area (Å²) in [5.74, 6) is 0. The Bertz CT molecular complexity index is 883. The number of benzene rings is 1. The second-order valence-electron chi connectivity index (χ2n) is 4.40. The van der Waals surface area contributed by atoms with Gasteiger partial charge in [0.1, 0.15) is 0 Å². The van der Waals surface area contributed by atoms with E-state index in [1.165, 1.54) is 0 Å². The number of H-pyrrole nitrogens is 2. The minimum Gasteiger partial charge on any atom is -0.267 e. The van der Waals surface area contributed by atoms with Crippen LogP contribution in [0.4, 0.5) is 0 Å². The Hall–Kier alpha value is -2.66. The Labute approximate surface area is 124 Å². The highest BCUT2D eigenvalue weighted by Gasteiger charge is 2.15. The molecule has 1 aromatic carbocycles. The highest BCUT2D eigenvalue weighted by atomic mass is 35.5. The molecule has 0 aliphatic rings. The predicted molar refractivity (Wildman–Crippen MR) is 81.4 cm³/mol. The van der Waals surface area contributed by atoms with E-state index in [1.807, 2.05) is 0 Å². The Kier molecular flexibility index (Phi) is 3.41. The second kappa shape index (κ2) is 5.38. The van der Waals surface area contributed by atoms with Crippen molar-refractivity contribution >= 4 is 11.6 Å². The third kappa shape index (κ3) is 2.51. The standard InChI is InChI=1S/C15H10ClN3O2/c16-11-3-1-9(2-4-11)12-13(10-5-7-17-8-6-10)15(21)19-18-14(12)20/h1-8H,(H,18,20)(H,19,21). The van der Waals surface area contributed by atoms with Crippen LogP contribution in [0.2, 0.25) is 5.02 Å². The first-order valence-corrected chi connectivity index (χ1v) is 6.56. The molecule has 3 aromatic rings. The second-order valence-corrected chi connectivity index (χ2v) is 4.84. The van der Waals surface area contributed by atoms with Crippen LogP contribution >= 0.6 is 11.6 Å². The Morgan fingerprint density at radius 3 is 1.76 bits per heavy atom. The van der Waals surface area contributed by atoms with Gasteiger partial charge in [-0.05, 0) is 35.4 Å². The van der Waals surface area contributed by atoms with Gasteiger partial charge < -0.3 is 0 Å². The Morgan fingerprint density at radius 2 is 1.24 bits per heavy atom. The van der Waals surface area contributed by atoms with Gasteiger partial charge in [-0.25, -0.2) is 0 Å². The SMILES string of the molecule is O=c1[nH][nH]c(=O)c(-c2ccc(Cl)cc2)c1-c1ccncc1. The zero-order chi connectivity index (χ0) is 14.8. The number of nitrogens with one attached hydrogen (secondary N) is 2. The molecule has 0 atom stereocenters. The fourth-order valence-electron chi connectivity index (χ4n) is 2.15. The summed E-state index contributed by atoms with van der Waals surface area (Å²) in [5.41, 5.74) is 1.13. The summed E-state index contributed by atoms with van der Waals surface area (Å²) in [7, 11) is 0. The van der Waals surface area contributed by atoms with Crippen molar-refractivity contribution in [3.05, 3.63) is 74.5 Å². The van der Waals surface area contributed by atoms with Crippen LogP contribution in [0.25, 0.3) is 22.3 Å². The van der Waals surface area contributed by atoms with Crippen molar-refractivity contribution in [2.75, 3.05) is 0 Å². The minimum atomic E-state index is -0.372. The van der Waals surface area contributed by atoms with Gasteiger partial charge in [0.25, 0.3) is 11.1 Å². The lowest BCUT2D eigenvalue weighted by atomic mass is 9.98. The van der Waals surface area contributed by atoms with Crippen molar-refractivity contribution in [2.45, 2.75) is 0 Å². The molecule has 0 saturated heterocycles. The van der Waals surface area contributed by atoms with Gasteiger partial charge in [0.2, 0.25) is 0 Å². The zero-order valence-corrected chi connectivity index (χ0v) is 11.5. The molecule has 0 aliphatic heterocycles. The summed E-state index contributed by atoms with van der Waals surface area (Å²) in [6.07, 6.45) is 3.14. The van der Waals surface area contributed by atoms with Crippen LogP contribution < -0.4 is 11.1 Å². The number of hydrogen-bond donors (Lipinski definition) is 2. The molecule has 2 N–H and O–H groups in total. The van der Waals surface area contributed by atoms with Crippen molar-refractivity contribution in [3.63, 3.8) is 0 Å². The van der Waals surface area contributed by atoms with Crippen molar-refractivity contribution in [1.29, 1.82) is 0 Å². The lowest BCUT2D eigenvalue weighted by Crippen LogP contribution is -2.23. The zero-order valence-electron chi connectivity index (χ0n) is 10.8. The van der Waals surface area contributed by atoms with Gasteiger partial charge in [0, 0.05) is 17.4 Å². The molecule has 0 radical (unpaired) electrons. The van der Waals surface area contributed by atoms with E-state index in [-0.39, 0.29) is 11.1 Å². The first-order chi connectivity index (χ1) is 10.2. The van der Waals surface area contributed by atoms with Gasteiger partial charge in [0.05, 0.1) is 11.1 Å². The number of aromatic nitrogens is 3. The van der Waals surface area contributed by atoms with Gasteiger partial charge in [0.15, 0.2) is 0 Å². The fraction of sp³-hybridized carbons (Fsp3) is 0. The summed E-state index contributed by atoms with van der Waals surface area (Å²) < 4.78 is 0. The summed E-state index contributed by atoms with van der Waals surface area (Å²) in [5, 5.41) is 5.26. The normalized spacial score (nSPS) is 10.5. The van der Waals surface area contributed by atoms with E-state index in [2.05, 4.69) is 15.2 Å². The molecule has 6 heteroatoms. The molecule has 0 unspecified atom stereocenters. The molecular weight excluding hydrogens is 290 g/mol. The van der Waals surface area contributed by atoms with Crippen LogP contribution in [0.15, 0.2) is 58.4 Å². The van der Waals surface area contributed by atoms with E-state index in [0.717, 1.165) is 0 Å². The highest BCUT2D eigenvalue weighted by Crippen LogP contribution is 2.26. The number of aromatic amines is 2. The van der Waals surface area contributed by atoms with Crippen LogP contribution in [-0.2, 0) is 0 Å². The smallest absolute Gasteiger partial charge is 0.267 e. The van der Waals surface area contributed by atoms with Crippen molar-refractivity contribution < 1.29 is 0 Å². The fourth-order valence-corrected chi connectivity index (χ4v) is 2.28. The van der Waals surface area contributed by atoms with Crippen LogP contribution in [0.3, 0.4) is 0 Å². The van der Waals surface area contributed by atoms with Gasteiger partial charge in [-0.3, -0.25) is 24.8 Å². The van der Waals surface area contributed by atoms with E-state index in [0.29, 0.717) is 27.3 Å². The molecule has 21 heavy (non-hydrogen) atoms. The predicted octanol–water partition coefficient (Wildman–Crippen LogP) is 2.45. The largest absolute Gasteiger partial charge is 0.271 e. The molecule has 0 amide bonds. The number of pyridine rings is 1. The van der Waals surface area contributed by atoms with Crippen LogP contribution in [0.5, 0.6) is 0 Å². The lowest BCUT2D eigenvalue weighted by molar-refractivity contribution is 0.957. The van der Waals surface area contributed by atoms with Gasteiger partial charge >= 0.3 is 0 Å². The Balaban J connectivity index is 2.35. The highest BCUT2D eigenvalue weighted by molar-refractivity contribution is 6.30. The van der Waals surface area contributed by atoms with E-state index >= 15 is 0 Å². The number of hydrogen-bond acceptors (Lipinski definition) is 3. The molecule has 3 rings (SSSR count). The molecule has 0 aliphatic carbocycles. The third-order valence-electron chi connectivity index (χ3n) is 3.10. The maximum absolute atomic E-state index is 12.2. The Morgan fingerprint density at radius 1 is 0.762 bits per heavy atom. The molecular formula is C15H10ClN3O2. The molecule has 5 nitrogen and oxygen atoms in total. The number of nitrogens with zero attached hydrogens (tertiary/aromatic N) is 1. The van der Waals surface area contributed by atoms with Crippen LogP contribution in [0.1, 0.15) is 0 Å². The number of halogens is 1. The van der Waals surface area contributed by atoms with Crippen molar-refractivity contribution in [3.8, 4) is 22.3 Å². The van der Waals surface area contributed by atoms with Gasteiger partial charge in [-0.15, -0.1) is 0 Å². The maximum Gasteiger partial charge on any atom is 0.271 e. The molecule has 2 aromatic heterocycles. The molecule has 0 spiro atoms.